The van der Waals surface area contributed by atoms with E-state index in [0.29, 0.717) is 12.3 Å². The molecule has 0 aromatic heterocycles. The van der Waals surface area contributed by atoms with Crippen LogP contribution in [0.1, 0.15) is 37.8 Å². The zero-order valence-corrected chi connectivity index (χ0v) is 12.2. The SMILES string of the molecule is CC1CC2CC2=CC1C(=O)N1C(=O)C[C@H]1c1ccccc1. The van der Waals surface area contributed by atoms with Gasteiger partial charge in [0.1, 0.15) is 0 Å². The molecule has 1 aromatic rings. The average molecular weight is 281 g/mol. The smallest absolute Gasteiger partial charge is 0.236 e. The third kappa shape index (κ3) is 2.03. The summed E-state index contributed by atoms with van der Waals surface area (Å²) in [6, 6.07) is 9.81. The maximum absolute atomic E-state index is 12.8. The highest BCUT2D eigenvalue weighted by atomic mass is 16.2. The Hall–Kier alpha value is -1.90. The van der Waals surface area contributed by atoms with Gasteiger partial charge in [-0.2, -0.15) is 0 Å². The van der Waals surface area contributed by atoms with Crippen molar-refractivity contribution in [2.75, 3.05) is 0 Å². The van der Waals surface area contributed by atoms with Crippen LogP contribution in [0.4, 0.5) is 0 Å². The second-order valence-electron chi connectivity index (χ2n) is 6.61. The molecule has 3 unspecified atom stereocenters. The minimum atomic E-state index is -0.103. The first-order valence-electron chi connectivity index (χ1n) is 7.76. The Labute approximate surface area is 124 Å². The molecular formula is C18H19NO2. The van der Waals surface area contributed by atoms with Crippen molar-refractivity contribution in [3.8, 4) is 0 Å². The lowest BCUT2D eigenvalue weighted by Gasteiger charge is -2.41. The molecule has 0 bridgehead atoms. The molecular weight excluding hydrogens is 262 g/mol. The summed E-state index contributed by atoms with van der Waals surface area (Å²) >= 11 is 0. The fourth-order valence-electron chi connectivity index (χ4n) is 3.77. The Kier molecular flexibility index (Phi) is 2.78. The number of hydrogen-bond donors (Lipinski definition) is 0. The first-order chi connectivity index (χ1) is 10.1. The summed E-state index contributed by atoms with van der Waals surface area (Å²) in [6.07, 6.45) is 4.84. The zero-order chi connectivity index (χ0) is 14.6. The Morgan fingerprint density at radius 2 is 1.95 bits per heavy atom. The van der Waals surface area contributed by atoms with Crippen LogP contribution in [-0.4, -0.2) is 16.7 Å². The summed E-state index contributed by atoms with van der Waals surface area (Å²) in [5.74, 6) is 0.941. The predicted octanol–water partition coefficient (Wildman–Crippen LogP) is 3.09. The van der Waals surface area contributed by atoms with E-state index in [9.17, 15) is 9.59 Å². The van der Waals surface area contributed by atoms with Gasteiger partial charge >= 0.3 is 0 Å². The highest BCUT2D eigenvalue weighted by Crippen LogP contribution is 2.50. The molecule has 0 N–H and O–H groups in total. The predicted molar refractivity (Wildman–Crippen MR) is 79.1 cm³/mol. The topological polar surface area (TPSA) is 37.4 Å². The normalized spacial score (nSPS) is 33.9. The molecule has 2 amide bonds. The Morgan fingerprint density at radius 3 is 2.67 bits per heavy atom. The number of carbonyl (C=O) groups is 2. The van der Waals surface area contributed by atoms with Gasteiger partial charge in [0.2, 0.25) is 11.8 Å². The maximum atomic E-state index is 12.8. The van der Waals surface area contributed by atoms with Gasteiger partial charge in [-0.05, 0) is 30.2 Å². The number of β-lactam (4-membered cyclic amide) rings is 1. The van der Waals surface area contributed by atoms with Gasteiger partial charge in [-0.1, -0.05) is 48.9 Å². The van der Waals surface area contributed by atoms with Crippen LogP contribution in [0.5, 0.6) is 0 Å². The van der Waals surface area contributed by atoms with Crippen LogP contribution in [0, 0.1) is 17.8 Å². The van der Waals surface area contributed by atoms with Crippen molar-refractivity contribution >= 4 is 11.8 Å². The van der Waals surface area contributed by atoms with E-state index >= 15 is 0 Å². The Balaban J connectivity index is 1.58. The van der Waals surface area contributed by atoms with Crippen LogP contribution >= 0.6 is 0 Å². The maximum Gasteiger partial charge on any atom is 0.236 e. The van der Waals surface area contributed by atoms with Crippen LogP contribution < -0.4 is 0 Å². The van der Waals surface area contributed by atoms with Gasteiger partial charge in [-0.3, -0.25) is 14.5 Å². The van der Waals surface area contributed by atoms with Gasteiger partial charge in [-0.15, -0.1) is 0 Å². The number of nitrogens with zero attached hydrogens (tertiary/aromatic N) is 1. The first-order valence-corrected chi connectivity index (χ1v) is 7.76. The molecule has 1 saturated heterocycles. The number of benzene rings is 1. The fraction of sp³-hybridized carbons (Fsp3) is 0.444. The summed E-state index contributed by atoms with van der Waals surface area (Å²) in [6.45, 7) is 2.13. The summed E-state index contributed by atoms with van der Waals surface area (Å²) < 4.78 is 0. The van der Waals surface area contributed by atoms with E-state index in [-0.39, 0.29) is 23.8 Å². The molecule has 4 rings (SSSR count). The monoisotopic (exact) mass is 281 g/mol. The standard InChI is InChI=1S/C18H19NO2/c1-11-7-13-8-14(13)9-15(11)18(21)19-16(10-17(19)20)12-5-3-2-4-6-12/h2-6,9,11,13,15-16H,7-8,10H2,1H3/t11?,13?,15?,16-/m0/s1. The molecule has 1 aromatic carbocycles. The quantitative estimate of drug-likeness (QED) is 0.474. The number of rotatable bonds is 2. The molecule has 0 spiro atoms. The molecule has 3 nitrogen and oxygen atoms in total. The third-order valence-corrected chi connectivity index (χ3v) is 5.16. The van der Waals surface area contributed by atoms with Crippen molar-refractivity contribution in [3.05, 3.63) is 47.5 Å². The minimum absolute atomic E-state index is 0.00505. The highest BCUT2D eigenvalue weighted by Gasteiger charge is 2.47. The molecule has 1 heterocycles. The molecule has 4 atom stereocenters. The van der Waals surface area contributed by atoms with Crippen molar-refractivity contribution in [2.24, 2.45) is 17.8 Å². The second kappa shape index (κ2) is 4.55. The average Bonchev–Trinajstić information content (AvgIpc) is 3.22. The lowest BCUT2D eigenvalue weighted by molar-refractivity contribution is -0.161. The van der Waals surface area contributed by atoms with E-state index in [1.165, 1.54) is 10.5 Å². The molecule has 21 heavy (non-hydrogen) atoms. The summed E-state index contributed by atoms with van der Waals surface area (Å²) in [5, 5.41) is 0. The van der Waals surface area contributed by atoms with Gasteiger partial charge in [0.05, 0.1) is 18.4 Å². The number of allylic oxidation sites excluding steroid dienone is 1. The fourth-order valence-corrected chi connectivity index (χ4v) is 3.77. The van der Waals surface area contributed by atoms with Gasteiger partial charge in [0, 0.05) is 0 Å². The Bertz CT molecular complexity index is 634. The first kappa shape index (κ1) is 12.8. The van der Waals surface area contributed by atoms with Crippen LogP contribution in [-0.2, 0) is 9.59 Å². The molecule has 1 saturated carbocycles. The van der Waals surface area contributed by atoms with Gasteiger partial charge in [-0.25, -0.2) is 0 Å². The van der Waals surface area contributed by atoms with E-state index < -0.39 is 0 Å². The molecule has 1 aliphatic heterocycles. The number of imide groups is 1. The second-order valence-corrected chi connectivity index (χ2v) is 6.61. The summed E-state index contributed by atoms with van der Waals surface area (Å²) in [7, 11) is 0. The molecule has 2 fully saturated rings. The minimum Gasteiger partial charge on any atom is -0.274 e. The van der Waals surface area contributed by atoms with Crippen molar-refractivity contribution in [3.63, 3.8) is 0 Å². The lowest BCUT2D eigenvalue weighted by Crippen LogP contribution is -2.52. The number of likely N-dealkylation sites (tertiary alicyclic amines) is 1. The molecule has 108 valence electrons. The van der Waals surface area contributed by atoms with Crippen LogP contribution in [0.15, 0.2) is 42.0 Å². The van der Waals surface area contributed by atoms with Gasteiger partial charge in [0.25, 0.3) is 0 Å². The largest absolute Gasteiger partial charge is 0.274 e. The highest BCUT2D eigenvalue weighted by molar-refractivity contribution is 6.02. The number of amides is 2. The van der Waals surface area contributed by atoms with E-state index in [4.69, 9.17) is 0 Å². The van der Waals surface area contributed by atoms with E-state index in [2.05, 4.69) is 13.0 Å². The third-order valence-electron chi connectivity index (χ3n) is 5.16. The molecule has 3 heteroatoms. The van der Waals surface area contributed by atoms with Gasteiger partial charge in [0.15, 0.2) is 0 Å². The molecule has 3 aliphatic rings. The van der Waals surface area contributed by atoms with Crippen molar-refractivity contribution in [1.82, 2.24) is 4.90 Å². The van der Waals surface area contributed by atoms with E-state index in [0.717, 1.165) is 24.3 Å². The molecule has 2 aliphatic carbocycles. The van der Waals surface area contributed by atoms with Crippen LogP contribution in [0.2, 0.25) is 0 Å². The van der Waals surface area contributed by atoms with Crippen molar-refractivity contribution in [1.29, 1.82) is 0 Å². The number of carbonyl (C=O) groups excluding carboxylic acids is 2. The lowest BCUT2D eigenvalue weighted by atomic mass is 9.82. The summed E-state index contributed by atoms with van der Waals surface area (Å²) in [4.78, 5) is 26.3. The zero-order valence-electron chi connectivity index (χ0n) is 12.2. The number of hydrogen-bond acceptors (Lipinski definition) is 2. The van der Waals surface area contributed by atoms with Crippen molar-refractivity contribution in [2.45, 2.75) is 32.2 Å². The van der Waals surface area contributed by atoms with E-state index in [1.807, 2.05) is 30.3 Å². The number of fused-ring (bicyclic) bond motifs is 1. The van der Waals surface area contributed by atoms with Crippen LogP contribution in [0.3, 0.4) is 0 Å². The van der Waals surface area contributed by atoms with Crippen molar-refractivity contribution < 1.29 is 9.59 Å². The Morgan fingerprint density at radius 1 is 1.19 bits per heavy atom. The van der Waals surface area contributed by atoms with Crippen LogP contribution in [0.25, 0.3) is 0 Å². The van der Waals surface area contributed by atoms with Gasteiger partial charge < -0.3 is 0 Å². The summed E-state index contributed by atoms with van der Waals surface area (Å²) in [5.41, 5.74) is 2.49. The van der Waals surface area contributed by atoms with E-state index in [1.54, 1.807) is 0 Å². The molecule has 0 radical (unpaired) electrons.